The number of hydrogen-bond donors (Lipinski definition) is 4. The lowest BCUT2D eigenvalue weighted by atomic mass is 10.3. The highest BCUT2D eigenvalue weighted by molar-refractivity contribution is 7.99. The van der Waals surface area contributed by atoms with Gasteiger partial charge in [0.05, 0.1) is 0 Å². The van der Waals surface area contributed by atoms with Gasteiger partial charge in [0.25, 0.3) is 0 Å². The maximum absolute atomic E-state index is 11.9. The minimum absolute atomic E-state index is 0.0951. The predicted molar refractivity (Wildman–Crippen MR) is 128 cm³/mol. The molecule has 0 atom stereocenters. The van der Waals surface area contributed by atoms with Crippen LogP contribution in [0.1, 0.15) is 26.2 Å². The summed E-state index contributed by atoms with van der Waals surface area (Å²) in [6.45, 7) is 5.21. The molecular formula is C22H28N8OS. The van der Waals surface area contributed by atoms with Crippen LogP contribution in [0.2, 0.25) is 0 Å². The molecule has 0 bridgehead atoms. The van der Waals surface area contributed by atoms with Crippen molar-refractivity contribution in [3.63, 3.8) is 0 Å². The number of nitrogens with two attached hydrogens (primary N) is 1. The molecule has 5 N–H and O–H groups in total. The van der Waals surface area contributed by atoms with E-state index in [0.29, 0.717) is 28.9 Å². The Bertz CT molecular complexity index is 1010. The third kappa shape index (κ3) is 6.27. The normalized spacial score (nSPS) is 16.7. The second-order valence-corrected chi connectivity index (χ2v) is 9.09. The van der Waals surface area contributed by atoms with E-state index in [1.165, 1.54) is 11.8 Å². The quantitative estimate of drug-likeness (QED) is 0.275. The van der Waals surface area contributed by atoms with E-state index in [0.717, 1.165) is 55.4 Å². The molecule has 0 unspecified atom stereocenters. The first-order chi connectivity index (χ1) is 15.5. The van der Waals surface area contributed by atoms with Crippen LogP contribution >= 0.6 is 11.8 Å². The molecule has 2 fully saturated rings. The van der Waals surface area contributed by atoms with E-state index in [9.17, 15) is 4.79 Å². The highest BCUT2D eigenvalue weighted by atomic mass is 32.2. The van der Waals surface area contributed by atoms with Crippen LogP contribution in [0.4, 0.5) is 17.3 Å². The Hall–Kier alpha value is -2.98. The molecule has 32 heavy (non-hydrogen) atoms. The second kappa shape index (κ2) is 10.1. The van der Waals surface area contributed by atoms with E-state index >= 15 is 0 Å². The highest BCUT2D eigenvalue weighted by Crippen LogP contribution is 2.32. The van der Waals surface area contributed by atoms with E-state index in [2.05, 4.69) is 25.5 Å². The molecule has 2 aliphatic rings. The molecule has 2 aromatic rings. The van der Waals surface area contributed by atoms with E-state index in [-0.39, 0.29) is 11.8 Å². The summed E-state index contributed by atoms with van der Waals surface area (Å²) in [5.41, 5.74) is 7.25. The number of piperazine rings is 1. The number of carbonyl (C=O) groups excluding carboxylic acids is 1. The smallest absolute Gasteiger partial charge is 0.227 e. The Labute approximate surface area is 191 Å². The van der Waals surface area contributed by atoms with Crippen molar-refractivity contribution in [2.45, 2.75) is 36.2 Å². The number of rotatable bonds is 8. The molecule has 1 saturated heterocycles. The lowest BCUT2D eigenvalue weighted by Gasteiger charge is -2.28. The molecule has 1 aliphatic heterocycles. The van der Waals surface area contributed by atoms with Crippen molar-refractivity contribution in [1.29, 1.82) is 5.41 Å². The van der Waals surface area contributed by atoms with Gasteiger partial charge in [0.2, 0.25) is 5.91 Å². The average Bonchev–Trinajstić information content (AvgIpc) is 3.60. The number of hydrogen-bond acceptors (Lipinski definition) is 8. The van der Waals surface area contributed by atoms with Crippen LogP contribution < -0.4 is 21.3 Å². The van der Waals surface area contributed by atoms with Gasteiger partial charge in [0.1, 0.15) is 11.7 Å². The zero-order valence-corrected chi connectivity index (χ0v) is 18.9. The van der Waals surface area contributed by atoms with Gasteiger partial charge >= 0.3 is 0 Å². The minimum atomic E-state index is 0.0951. The van der Waals surface area contributed by atoms with Crippen molar-refractivity contribution in [3.8, 4) is 0 Å². The van der Waals surface area contributed by atoms with Gasteiger partial charge < -0.3 is 26.7 Å². The fourth-order valence-electron chi connectivity index (χ4n) is 3.32. The first-order valence-electron chi connectivity index (χ1n) is 10.8. The number of anilines is 2. The molecule has 1 aromatic carbocycles. The summed E-state index contributed by atoms with van der Waals surface area (Å²) in [6, 6.07) is 9.53. The van der Waals surface area contributed by atoms with Crippen molar-refractivity contribution in [2.24, 2.45) is 16.6 Å². The Kier molecular flexibility index (Phi) is 7.01. The first kappa shape index (κ1) is 22.2. The Morgan fingerprint density at radius 3 is 2.66 bits per heavy atom. The molecule has 1 aliphatic carbocycles. The summed E-state index contributed by atoms with van der Waals surface area (Å²) in [6.07, 6.45) is 2.27. The van der Waals surface area contributed by atoms with Crippen molar-refractivity contribution < 1.29 is 4.79 Å². The molecule has 1 aromatic heterocycles. The predicted octanol–water partition coefficient (Wildman–Crippen LogP) is 2.80. The molecule has 1 amide bonds. The molecule has 4 rings (SSSR count). The Morgan fingerprint density at radius 1 is 1.28 bits per heavy atom. The van der Waals surface area contributed by atoms with Crippen molar-refractivity contribution in [2.75, 3.05) is 36.4 Å². The summed E-state index contributed by atoms with van der Waals surface area (Å²) in [4.78, 5) is 28.9. The fraction of sp³-hybridized carbons (Fsp3) is 0.409. The topological polar surface area (TPSA) is 132 Å². The van der Waals surface area contributed by atoms with Crippen LogP contribution in [0.5, 0.6) is 0 Å². The van der Waals surface area contributed by atoms with Crippen molar-refractivity contribution >= 4 is 46.5 Å². The monoisotopic (exact) mass is 452 g/mol. The van der Waals surface area contributed by atoms with Gasteiger partial charge in [-0.25, -0.2) is 15.0 Å². The molecule has 0 spiro atoms. The molecular weight excluding hydrogens is 424 g/mol. The number of aromatic nitrogens is 2. The second-order valence-electron chi connectivity index (χ2n) is 8.05. The molecule has 0 radical (unpaired) electrons. The largest absolute Gasteiger partial charge is 0.387 e. The number of amides is 1. The first-order valence-corrected chi connectivity index (χ1v) is 11.6. The van der Waals surface area contributed by atoms with Crippen molar-refractivity contribution in [3.05, 3.63) is 30.3 Å². The molecule has 1 saturated carbocycles. The zero-order chi connectivity index (χ0) is 22.5. The zero-order valence-electron chi connectivity index (χ0n) is 18.1. The number of nitrogens with zero attached hydrogens (tertiary/aromatic N) is 4. The maximum atomic E-state index is 11.9. The van der Waals surface area contributed by atoms with Crippen LogP contribution in [0.25, 0.3) is 0 Å². The lowest BCUT2D eigenvalue weighted by molar-refractivity contribution is -0.117. The van der Waals surface area contributed by atoms with Gasteiger partial charge in [-0.05, 0) is 55.8 Å². The number of benzene rings is 1. The Balaban J connectivity index is 1.53. The average molecular weight is 453 g/mol. The minimum Gasteiger partial charge on any atom is -0.387 e. The van der Waals surface area contributed by atoms with Crippen molar-refractivity contribution in [1.82, 2.24) is 15.3 Å². The van der Waals surface area contributed by atoms with Gasteiger partial charge in [-0.15, -0.1) is 0 Å². The summed E-state index contributed by atoms with van der Waals surface area (Å²) < 4.78 is 0. The number of amidine groups is 1. The summed E-state index contributed by atoms with van der Waals surface area (Å²) in [5, 5.41) is 14.5. The van der Waals surface area contributed by atoms with E-state index in [4.69, 9.17) is 16.1 Å². The highest BCUT2D eigenvalue weighted by Gasteiger charge is 2.29. The number of carbonyl (C=O) groups is 1. The van der Waals surface area contributed by atoms with Crippen LogP contribution in [-0.4, -0.2) is 53.6 Å². The molecule has 10 heteroatoms. The third-order valence-electron chi connectivity index (χ3n) is 5.10. The van der Waals surface area contributed by atoms with Crippen LogP contribution in [0, 0.1) is 11.3 Å². The van der Waals surface area contributed by atoms with E-state index < -0.39 is 0 Å². The van der Waals surface area contributed by atoms with Crippen LogP contribution in [0.3, 0.4) is 0 Å². The SMILES string of the molecule is CC(=N)CC(N)=Nc1cc(N2CCNCC2)nc(Sc2ccc(NC(=O)C3CC3)cc2)n1. The van der Waals surface area contributed by atoms with Gasteiger partial charge in [0.15, 0.2) is 11.0 Å². The third-order valence-corrected chi connectivity index (χ3v) is 5.98. The maximum Gasteiger partial charge on any atom is 0.227 e. The van der Waals surface area contributed by atoms with Gasteiger partial charge in [-0.3, -0.25) is 4.79 Å². The van der Waals surface area contributed by atoms with E-state index in [1.54, 1.807) is 6.92 Å². The van der Waals surface area contributed by atoms with Crippen LogP contribution in [0.15, 0.2) is 45.4 Å². The summed E-state index contributed by atoms with van der Waals surface area (Å²) in [5.74, 6) is 1.93. The van der Waals surface area contributed by atoms with Crippen LogP contribution in [-0.2, 0) is 4.79 Å². The number of nitrogens with one attached hydrogen (secondary N) is 3. The molecule has 9 nitrogen and oxygen atoms in total. The fourth-order valence-corrected chi connectivity index (χ4v) is 4.08. The lowest BCUT2D eigenvalue weighted by Crippen LogP contribution is -2.43. The van der Waals surface area contributed by atoms with E-state index in [1.807, 2.05) is 30.3 Å². The molecule has 168 valence electrons. The number of aliphatic imine (C=N–C) groups is 1. The molecule has 2 heterocycles. The summed E-state index contributed by atoms with van der Waals surface area (Å²) in [7, 11) is 0. The van der Waals surface area contributed by atoms with Gasteiger partial charge in [-0.2, -0.15) is 0 Å². The van der Waals surface area contributed by atoms with Gasteiger partial charge in [0, 0.05) is 60.9 Å². The van der Waals surface area contributed by atoms with Gasteiger partial charge in [-0.1, -0.05) is 0 Å². The standard InChI is InChI=1S/C22H28N8OS/c1-14(23)12-18(24)27-19-13-20(30-10-8-25-9-11-30)29-22(28-19)32-17-6-4-16(5-7-17)26-21(31)15-2-3-15/h4-7,13,15,23,25H,2-3,8-12H2,1H3,(H,26,31)(H2,24,27,28,29). The summed E-state index contributed by atoms with van der Waals surface area (Å²) >= 11 is 1.44. The Morgan fingerprint density at radius 2 is 2.00 bits per heavy atom.